The number of ether oxygens (including phenoxy) is 1. The number of H-pyrrole nitrogens is 1. The molecule has 0 aromatic carbocycles. The van der Waals surface area contributed by atoms with Crippen molar-refractivity contribution in [2.24, 2.45) is 5.10 Å². The van der Waals surface area contributed by atoms with Crippen molar-refractivity contribution in [2.45, 2.75) is 13.8 Å². The lowest BCUT2D eigenvalue weighted by atomic mass is 10.2. The lowest BCUT2D eigenvalue weighted by molar-refractivity contribution is 0.0526. The number of hydrazone groups is 1. The number of hydrogen-bond acceptors (Lipinski definition) is 6. The zero-order valence-corrected chi connectivity index (χ0v) is 10.6. The number of furan rings is 1. The van der Waals surface area contributed by atoms with Crippen LogP contribution >= 0.6 is 0 Å². The molecule has 2 N–H and O–H groups in total. The molecule has 7 nitrogen and oxygen atoms in total. The molecule has 0 atom stereocenters. The summed E-state index contributed by atoms with van der Waals surface area (Å²) in [6, 6.07) is 3.51. The third kappa shape index (κ3) is 3.01. The first-order valence-corrected chi connectivity index (χ1v) is 5.77. The largest absolute Gasteiger partial charge is 0.463 e. The van der Waals surface area contributed by atoms with Crippen molar-refractivity contribution < 1.29 is 13.9 Å². The molecule has 2 aromatic heterocycles. The standard InChI is InChI=1S/C12H14N4O3/c1-3-18-12(17)10-8(2)14-16-11(10)15-13-7-9-5-4-6-19-9/h4-7H,3H2,1-2H3,(H2,14,15,16)/b13-7-. The highest BCUT2D eigenvalue weighted by molar-refractivity contribution is 5.96. The Morgan fingerprint density at radius 1 is 1.68 bits per heavy atom. The lowest BCUT2D eigenvalue weighted by Crippen LogP contribution is -2.08. The summed E-state index contributed by atoms with van der Waals surface area (Å²) in [5, 5.41) is 10.6. The molecular weight excluding hydrogens is 248 g/mol. The predicted molar refractivity (Wildman–Crippen MR) is 69.2 cm³/mol. The third-order valence-electron chi connectivity index (χ3n) is 2.33. The Bertz CT molecular complexity index is 572. The second-order valence-electron chi connectivity index (χ2n) is 3.68. The van der Waals surface area contributed by atoms with Gasteiger partial charge in [-0.25, -0.2) is 4.79 Å². The van der Waals surface area contributed by atoms with Crippen LogP contribution in [0, 0.1) is 6.92 Å². The summed E-state index contributed by atoms with van der Waals surface area (Å²) in [6.45, 7) is 3.79. The summed E-state index contributed by atoms with van der Waals surface area (Å²) in [5.74, 6) is 0.473. The number of anilines is 1. The number of esters is 1. The summed E-state index contributed by atoms with van der Waals surface area (Å²) in [4.78, 5) is 11.7. The summed E-state index contributed by atoms with van der Waals surface area (Å²) < 4.78 is 10.0. The van der Waals surface area contributed by atoms with Gasteiger partial charge in [-0.1, -0.05) is 0 Å². The fraction of sp³-hybridized carbons (Fsp3) is 0.250. The van der Waals surface area contributed by atoms with Gasteiger partial charge in [0, 0.05) is 5.69 Å². The first-order valence-electron chi connectivity index (χ1n) is 5.77. The number of carbonyl (C=O) groups excluding carboxylic acids is 1. The molecule has 100 valence electrons. The van der Waals surface area contributed by atoms with E-state index in [0.717, 1.165) is 0 Å². The van der Waals surface area contributed by atoms with Crippen molar-refractivity contribution in [2.75, 3.05) is 12.0 Å². The number of nitrogens with one attached hydrogen (secondary N) is 2. The average Bonchev–Trinajstić information content (AvgIpc) is 3.00. The van der Waals surface area contributed by atoms with E-state index in [1.165, 1.54) is 6.21 Å². The van der Waals surface area contributed by atoms with Crippen LogP contribution < -0.4 is 5.43 Å². The Morgan fingerprint density at radius 2 is 2.53 bits per heavy atom. The van der Waals surface area contributed by atoms with Gasteiger partial charge in [-0.3, -0.25) is 10.5 Å². The molecule has 0 fully saturated rings. The molecule has 2 aromatic rings. The van der Waals surface area contributed by atoms with Crippen molar-refractivity contribution in [1.82, 2.24) is 10.2 Å². The van der Waals surface area contributed by atoms with Crippen molar-refractivity contribution in [3.05, 3.63) is 35.4 Å². The van der Waals surface area contributed by atoms with E-state index in [-0.39, 0.29) is 0 Å². The zero-order chi connectivity index (χ0) is 13.7. The van der Waals surface area contributed by atoms with Gasteiger partial charge < -0.3 is 9.15 Å². The number of aromatic amines is 1. The maximum absolute atomic E-state index is 11.7. The van der Waals surface area contributed by atoms with E-state index in [1.54, 1.807) is 32.2 Å². The van der Waals surface area contributed by atoms with Crippen molar-refractivity contribution in [3.8, 4) is 0 Å². The smallest absolute Gasteiger partial charge is 0.343 e. The molecule has 0 amide bonds. The van der Waals surface area contributed by atoms with Gasteiger partial charge in [0.05, 0.1) is 19.1 Å². The molecule has 0 bridgehead atoms. The van der Waals surface area contributed by atoms with Crippen LogP contribution in [-0.4, -0.2) is 29.0 Å². The molecular formula is C12H14N4O3. The fourth-order valence-electron chi connectivity index (χ4n) is 1.48. The van der Waals surface area contributed by atoms with Gasteiger partial charge in [0.2, 0.25) is 0 Å². The van der Waals surface area contributed by atoms with Crippen molar-refractivity contribution in [1.29, 1.82) is 0 Å². The molecule has 7 heteroatoms. The average molecular weight is 262 g/mol. The Morgan fingerprint density at radius 3 is 3.21 bits per heavy atom. The summed E-state index contributed by atoms with van der Waals surface area (Å²) in [6.07, 6.45) is 3.03. The summed E-state index contributed by atoms with van der Waals surface area (Å²) in [5.41, 5.74) is 3.64. The highest BCUT2D eigenvalue weighted by atomic mass is 16.5. The maximum Gasteiger partial charge on any atom is 0.343 e. The number of hydrogen-bond donors (Lipinski definition) is 2. The highest BCUT2D eigenvalue weighted by Crippen LogP contribution is 2.17. The zero-order valence-electron chi connectivity index (χ0n) is 10.6. The minimum atomic E-state index is -0.440. The first-order chi connectivity index (χ1) is 9.22. The minimum Gasteiger partial charge on any atom is -0.463 e. The third-order valence-corrected chi connectivity index (χ3v) is 2.33. The molecule has 2 rings (SSSR count). The molecule has 0 unspecified atom stereocenters. The van der Waals surface area contributed by atoms with Crippen molar-refractivity contribution in [3.63, 3.8) is 0 Å². The minimum absolute atomic E-state index is 0.304. The molecule has 0 spiro atoms. The van der Waals surface area contributed by atoms with Gasteiger partial charge >= 0.3 is 5.97 Å². The normalized spacial score (nSPS) is 10.8. The van der Waals surface area contributed by atoms with Crippen LogP contribution in [0.3, 0.4) is 0 Å². The van der Waals surface area contributed by atoms with Crippen LogP contribution in [0.15, 0.2) is 27.9 Å². The molecule has 0 saturated carbocycles. The van der Waals surface area contributed by atoms with Gasteiger partial charge in [0.25, 0.3) is 0 Å². The molecule has 2 heterocycles. The Hall–Kier alpha value is -2.57. The van der Waals surface area contributed by atoms with Crippen LogP contribution in [0.25, 0.3) is 0 Å². The van der Waals surface area contributed by atoms with Crippen LogP contribution in [0.5, 0.6) is 0 Å². The lowest BCUT2D eigenvalue weighted by Gasteiger charge is -2.02. The highest BCUT2D eigenvalue weighted by Gasteiger charge is 2.18. The molecule has 0 aliphatic carbocycles. The monoisotopic (exact) mass is 262 g/mol. The van der Waals surface area contributed by atoms with Crippen LogP contribution in [0.4, 0.5) is 5.82 Å². The fourth-order valence-corrected chi connectivity index (χ4v) is 1.48. The van der Waals surface area contributed by atoms with Gasteiger partial charge in [-0.2, -0.15) is 10.2 Å². The molecule has 0 aliphatic heterocycles. The van der Waals surface area contributed by atoms with E-state index < -0.39 is 5.97 Å². The number of aromatic nitrogens is 2. The maximum atomic E-state index is 11.7. The van der Waals surface area contributed by atoms with Gasteiger partial charge in [0.1, 0.15) is 11.3 Å². The van der Waals surface area contributed by atoms with E-state index in [4.69, 9.17) is 9.15 Å². The second-order valence-corrected chi connectivity index (χ2v) is 3.68. The van der Waals surface area contributed by atoms with E-state index in [0.29, 0.717) is 29.4 Å². The predicted octanol–water partition coefficient (Wildman–Crippen LogP) is 1.93. The first kappa shape index (κ1) is 12.9. The number of nitrogens with zero attached hydrogens (tertiary/aromatic N) is 2. The van der Waals surface area contributed by atoms with Crippen LogP contribution in [-0.2, 0) is 4.74 Å². The van der Waals surface area contributed by atoms with Crippen molar-refractivity contribution >= 4 is 18.0 Å². The molecule has 0 saturated heterocycles. The van der Waals surface area contributed by atoms with Crippen LogP contribution in [0.2, 0.25) is 0 Å². The molecule has 0 aliphatic rings. The molecule has 19 heavy (non-hydrogen) atoms. The van der Waals surface area contributed by atoms with Gasteiger partial charge in [0.15, 0.2) is 5.82 Å². The number of carbonyl (C=O) groups is 1. The number of aryl methyl sites for hydroxylation is 1. The van der Waals surface area contributed by atoms with E-state index in [2.05, 4.69) is 20.7 Å². The SMILES string of the molecule is CCOC(=O)c1c(N/N=C\c2ccco2)n[nH]c1C. The van der Waals surface area contributed by atoms with Crippen LogP contribution in [0.1, 0.15) is 28.7 Å². The number of rotatable bonds is 5. The summed E-state index contributed by atoms with van der Waals surface area (Å²) in [7, 11) is 0. The second kappa shape index (κ2) is 5.85. The van der Waals surface area contributed by atoms with Gasteiger partial charge in [-0.15, -0.1) is 0 Å². The van der Waals surface area contributed by atoms with E-state index in [1.807, 2.05) is 0 Å². The topological polar surface area (TPSA) is 92.5 Å². The Kier molecular flexibility index (Phi) is 3.97. The van der Waals surface area contributed by atoms with Gasteiger partial charge in [-0.05, 0) is 26.0 Å². The quantitative estimate of drug-likeness (QED) is 0.488. The summed E-state index contributed by atoms with van der Waals surface area (Å²) >= 11 is 0. The van der Waals surface area contributed by atoms with E-state index >= 15 is 0 Å². The Labute approximate surface area is 109 Å². The molecule has 0 radical (unpaired) electrons. The van der Waals surface area contributed by atoms with E-state index in [9.17, 15) is 4.79 Å². The Balaban J connectivity index is 2.10.